The monoisotopic (exact) mass is 848 g/mol. The molecule has 0 unspecified atom stereocenters. The predicted octanol–water partition coefficient (Wildman–Crippen LogP) is 3.09. The van der Waals surface area contributed by atoms with E-state index in [1.165, 1.54) is 31.2 Å². The van der Waals surface area contributed by atoms with Gasteiger partial charge in [-0.05, 0) is 105 Å². The minimum Gasteiger partial charge on any atom is -0.744 e. The van der Waals surface area contributed by atoms with E-state index in [1.807, 2.05) is 32.0 Å². The number of carbonyl (C=O) groups is 1. The van der Waals surface area contributed by atoms with E-state index < -0.39 is 30.0 Å². The molecule has 0 saturated carbocycles. The van der Waals surface area contributed by atoms with Crippen LogP contribution in [-0.2, 0) is 25.0 Å². The number of anilines is 5. The first-order chi connectivity index (χ1) is 27.5. The van der Waals surface area contributed by atoms with Crippen LogP contribution in [0.1, 0.15) is 29.2 Å². The first-order valence-electron chi connectivity index (χ1n) is 16.9. The molecule has 0 radical (unpaired) electrons. The molecule has 0 aliphatic rings. The zero-order valence-corrected chi connectivity index (χ0v) is 35.3. The Labute approximate surface area is 373 Å². The number of nitriles is 1. The Kier molecular flexibility index (Phi) is 15.4. The van der Waals surface area contributed by atoms with E-state index in [0.29, 0.717) is 44.6 Å². The number of amides is 1. The maximum absolute atomic E-state index is 11.6. The maximum atomic E-state index is 11.6. The van der Waals surface area contributed by atoms with Gasteiger partial charge in [0.1, 0.15) is 37.7 Å². The number of pyridine rings is 1. The summed E-state index contributed by atoms with van der Waals surface area (Å²) in [7, 11) is -9.44. The van der Waals surface area contributed by atoms with Crippen LogP contribution in [0.3, 0.4) is 0 Å². The third-order valence-corrected chi connectivity index (χ3v) is 10.6. The molecule has 0 aliphatic heterocycles. The molecule has 294 valence electrons. The number of aromatic nitrogens is 2. The van der Waals surface area contributed by atoms with Crippen molar-refractivity contribution in [3.05, 3.63) is 113 Å². The second-order valence-electron chi connectivity index (χ2n) is 12.6. The fraction of sp³-hybridized carbons (Fsp3) is 0.105. The van der Waals surface area contributed by atoms with E-state index in [4.69, 9.17) is 4.98 Å². The average molecular weight is 849 g/mol. The van der Waals surface area contributed by atoms with Gasteiger partial charge in [0.2, 0.25) is 11.0 Å². The zero-order valence-electron chi connectivity index (χ0n) is 32.9. The number of hydrogen-bond donors (Lipinski definition) is 3. The Morgan fingerprint density at radius 2 is 1.22 bits per heavy atom. The van der Waals surface area contributed by atoms with Gasteiger partial charge in [0.25, 0.3) is 0 Å². The van der Waals surface area contributed by atoms with Crippen LogP contribution in [0.2, 0.25) is 0 Å². The van der Waals surface area contributed by atoms with Crippen molar-refractivity contribution in [2.24, 2.45) is 20.5 Å². The van der Waals surface area contributed by atoms with E-state index in [1.54, 1.807) is 31.2 Å². The molecule has 22 heteroatoms. The summed E-state index contributed by atoms with van der Waals surface area (Å²) in [5.41, 5.74) is 5.31. The standard InChI is InChI=1S/C38H32N10O7S3.2Li/c1-21-17-22(2)19-29(18-21)45-47-37-34(25-5-7-26(8-6-25)40-24(4)49)43-38(56-37)48-46-33-23(3)32(20-39)35(41-27-9-13-30(14-10-27)57(50,51)52)44-36(33)42-28-11-15-31(16-12-28)58(53,54)55;;/h5-19H,1-4H3,(H,40,49)(H2,41,42,44)(H,50,51,52)(H,53,54,55);;/q;2*+1/p-2. The number of nitrogens with zero attached hydrogens (tertiary/aromatic N) is 7. The first-order valence-corrected chi connectivity index (χ1v) is 20.5. The number of rotatable bonds is 12. The van der Waals surface area contributed by atoms with Crippen LogP contribution in [0.5, 0.6) is 0 Å². The van der Waals surface area contributed by atoms with Gasteiger partial charge in [0, 0.05) is 35.1 Å². The van der Waals surface area contributed by atoms with E-state index in [0.717, 1.165) is 46.7 Å². The van der Waals surface area contributed by atoms with E-state index in [2.05, 4.69) is 47.5 Å². The Morgan fingerprint density at radius 1 is 0.700 bits per heavy atom. The number of aryl methyl sites for hydroxylation is 2. The van der Waals surface area contributed by atoms with Gasteiger partial charge in [-0.2, -0.15) is 5.26 Å². The molecule has 0 saturated heterocycles. The van der Waals surface area contributed by atoms with Gasteiger partial charge in [-0.25, -0.2) is 26.8 Å². The van der Waals surface area contributed by atoms with Crippen molar-refractivity contribution in [2.45, 2.75) is 37.5 Å². The Bertz CT molecular complexity index is 2870. The van der Waals surface area contributed by atoms with Gasteiger partial charge < -0.3 is 25.1 Å². The quantitative estimate of drug-likeness (QED) is 0.0911. The molecule has 1 amide bonds. The molecule has 3 N–H and O–H groups in total. The number of thiazole rings is 1. The Morgan fingerprint density at radius 3 is 1.72 bits per heavy atom. The summed E-state index contributed by atoms with van der Waals surface area (Å²) < 4.78 is 69.0. The number of nitrogens with one attached hydrogen (secondary N) is 3. The van der Waals surface area contributed by atoms with Crippen molar-refractivity contribution < 1.29 is 68.5 Å². The second-order valence-corrected chi connectivity index (χ2v) is 16.3. The van der Waals surface area contributed by atoms with Crippen molar-refractivity contribution in [2.75, 3.05) is 16.0 Å². The molecule has 2 aromatic heterocycles. The topological polar surface area (TPSA) is 267 Å². The molecule has 0 bridgehead atoms. The molecule has 0 atom stereocenters. The molecule has 0 aliphatic carbocycles. The number of hydrogen-bond acceptors (Lipinski definition) is 17. The zero-order chi connectivity index (χ0) is 41.8. The molecular formula is C38H30Li2N10O7S3. The summed E-state index contributed by atoms with van der Waals surface area (Å²) >= 11 is 1.08. The van der Waals surface area contributed by atoms with Crippen LogP contribution in [0.25, 0.3) is 11.3 Å². The molecule has 0 fully saturated rings. The molecule has 17 nitrogen and oxygen atoms in total. The normalized spacial score (nSPS) is 11.4. The van der Waals surface area contributed by atoms with Crippen LogP contribution < -0.4 is 53.7 Å². The number of benzene rings is 4. The maximum Gasteiger partial charge on any atom is 1.00 e. The molecule has 6 aromatic rings. The van der Waals surface area contributed by atoms with Gasteiger partial charge in [0.15, 0.2) is 16.6 Å². The summed E-state index contributed by atoms with van der Waals surface area (Å²) in [5.74, 6) is -0.167. The third-order valence-electron chi connectivity index (χ3n) is 8.11. The van der Waals surface area contributed by atoms with Crippen molar-refractivity contribution in [3.63, 3.8) is 0 Å². The van der Waals surface area contributed by atoms with Gasteiger partial charge >= 0.3 is 37.7 Å². The molecule has 0 spiro atoms. The summed E-state index contributed by atoms with van der Waals surface area (Å²) in [6.07, 6.45) is 0. The summed E-state index contributed by atoms with van der Waals surface area (Å²) in [6, 6.07) is 24.6. The van der Waals surface area contributed by atoms with E-state index >= 15 is 0 Å². The van der Waals surface area contributed by atoms with Crippen LogP contribution in [0, 0.1) is 32.1 Å². The largest absolute Gasteiger partial charge is 1.00 e. The third kappa shape index (κ3) is 11.8. The van der Waals surface area contributed by atoms with Crippen molar-refractivity contribution >= 4 is 87.7 Å². The Balaban J connectivity index is 0.00000397. The van der Waals surface area contributed by atoms with Crippen LogP contribution >= 0.6 is 11.3 Å². The van der Waals surface area contributed by atoms with Gasteiger partial charge in [0.05, 0.1) is 21.0 Å². The molecule has 60 heavy (non-hydrogen) atoms. The van der Waals surface area contributed by atoms with Crippen molar-refractivity contribution in [1.29, 1.82) is 5.26 Å². The predicted molar refractivity (Wildman–Crippen MR) is 215 cm³/mol. The van der Waals surface area contributed by atoms with Gasteiger partial charge in [-0.3, -0.25) is 4.79 Å². The van der Waals surface area contributed by atoms with Crippen molar-refractivity contribution in [3.8, 4) is 17.3 Å². The average Bonchev–Trinajstić information content (AvgIpc) is 3.56. The molecule has 2 heterocycles. The fourth-order valence-corrected chi connectivity index (χ4v) is 7.21. The second kappa shape index (κ2) is 19.7. The van der Waals surface area contributed by atoms with E-state index in [-0.39, 0.29) is 71.6 Å². The summed E-state index contributed by atoms with van der Waals surface area (Å²) in [5, 5.41) is 37.4. The smallest absolute Gasteiger partial charge is 0.744 e. The number of carbonyl (C=O) groups excluding carboxylic acids is 1. The fourth-order valence-electron chi connectivity index (χ4n) is 5.53. The SMILES string of the molecule is CC(=O)Nc1ccc(-c2nc(N=Nc3c(Nc4ccc(S(=O)(=O)[O-])cc4)nc(Nc4ccc(S(=O)(=O)[O-])cc4)c(C#N)c3C)sc2N=Nc2cc(C)cc(C)c2)cc1.[Li+].[Li+]. The van der Waals surface area contributed by atoms with Crippen molar-refractivity contribution in [1.82, 2.24) is 9.97 Å². The van der Waals surface area contributed by atoms with Crippen LogP contribution in [0.4, 0.5) is 50.2 Å². The summed E-state index contributed by atoms with van der Waals surface area (Å²) in [4.78, 5) is 20.0. The Hall–Kier alpha value is -5.57. The van der Waals surface area contributed by atoms with Crippen LogP contribution in [0.15, 0.2) is 121 Å². The van der Waals surface area contributed by atoms with Crippen LogP contribution in [-0.4, -0.2) is 41.8 Å². The van der Waals surface area contributed by atoms with Gasteiger partial charge in [-0.15, -0.1) is 20.5 Å². The van der Waals surface area contributed by atoms with Gasteiger partial charge in [-0.1, -0.05) is 29.5 Å². The first kappa shape index (κ1) is 47.1. The molecular weight excluding hydrogens is 819 g/mol. The number of azo groups is 2. The molecule has 4 aromatic carbocycles. The molecule has 6 rings (SSSR count). The minimum atomic E-state index is -4.73. The minimum absolute atomic E-state index is 0. The summed E-state index contributed by atoms with van der Waals surface area (Å²) in [6.45, 7) is 6.90. The van der Waals surface area contributed by atoms with E-state index in [9.17, 15) is 36.0 Å².